The van der Waals surface area contributed by atoms with Gasteiger partial charge in [0.15, 0.2) is 6.29 Å². The maximum Gasteiger partial charge on any atom is 0.261 e. The van der Waals surface area contributed by atoms with Gasteiger partial charge in [-0.15, -0.1) is 0 Å². The first-order valence-electron chi connectivity index (χ1n) is 11.9. The van der Waals surface area contributed by atoms with E-state index < -0.39 is 47.9 Å². The summed E-state index contributed by atoms with van der Waals surface area (Å²) in [7, 11) is 0. The van der Waals surface area contributed by atoms with Crippen LogP contribution in [0.1, 0.15) is 38.1 Å². The van der Waals surface area contributed by atoms with E-state index in [1.807, 2.05) is 60.7 Å². The van der Waals surface area contributed by atoms with E-state index in [0.717, 1.165) is 11.1 Å². The van der Waals surface area contributed by atoms with Gasteiger partial charge in [-0.25, -0.2) is 0 Å². The summed E-state index contributed by atoms with van der Waals surface area (Å²) < 4.78 is 24.9. The second-order valence-electron chi connectivity index (χ2n) is 9.00. The highest BCUT2D eigenvalue weighted by Crippen LogP contribution is 2.39. The van der Waals surface area contributed by atoms with Crippen LogP contribution in [0.4, 0.5) is 0 Å². The van der Waals surface area contributed by atoms with E-state index in [0.29, 0.717) is 11.1 Å². The molecule has 3 aliphatic heterocycles. The van der Waals surface area contributed by atoms with Crippen molar-refractivity contribution < 1.29 is 28.5 Å². The molecular formula is C28H24NO6S-. The van der Waals surface area contributed by atoms with Gasteiger partial charge in [-0.3, -0.25) is 14.5 Å². The molecule has 0 bridgehead atoms. The van der Waals surface area contributed by atoms with E-state index in [1.54, 1.807) is 24.3 Å². The van der Waals surface area contributed by atoms with Crippen LogP contribution in [0.15, 0.2) is 84.9 Å². The molecule has 3 aliphatic rings. The van der Waals surface area contributed by atoms with Crippen LogP contribution in [-0.4, -0.2) is 53.1 Å². The fourth-order valence-corrected chi connectivity index (χ4v) is 5.47. The molecule has 2 fully saturated rings. The number of hydrogen-bond donors (Lipinski definition) is 0. The SMILES string of the molecule is O=C1c2ccccc2C(=O)N1[C@@H]1[C@@H](OCc2ccccc2)[C@H]2OC(c3ccccc3)OC[C@H]2O[C@H]1[S-]. The van der Waals surface area contributed by atoms with Crippen molar-refractivity contribution in [2.24, 2.45) is 0 Å². The van der Waals surface area contributed by atoms with Crippen molar-refractivity contribution in [1.29, 1.82) is 0 Å². The van der Waals surface area contributed by atoms with E-state index in [4.69, 9.17) is 31.6 Å². The molecule has 0 saturated carbocycles. The molecule has 2 amide bonds. The van der Waals surface area contributed by atoms with Gasteiger partial charge in [-0.1, -0.05) is 72.8 Å². The number of rotatable bonds is 5. The maximum atomic E-state index is 13.4. The standard InChI is InChI=1S/C28H25NO6S/c30-25-19-13-7-8-14-20(19)26(31)29(25)22-24(32-15-17-9-3-1-4-10-17)23-21(34-28(22)36)16-33-27(35-23)18-11-5-2-6-12-18/h1-14,21-24,27-28,36H,15-16H2/p-1/t21-,22-,23+,24-,27?,28+/m1/s1. The Morgan fingerprint density at radius 3 is 2.11 bits per heavy atom. The number of amides is 2. The second-order valence-corrected chi connectivity index (χ2v) is 9.46. The number of nitrogens with zero attached hydrogens (tertiary/aromatic N) is 1. The van der Waals surface area contributed by atoms with Gasteiger partial charge in [0.1, 0.15) is 18.3 Å². The third-order valence-electron chi connectivity index (χ3n) is 6.79. The van der Waals surface area contributed by atoms with E-state index in [9.17, 15) is 9.59 Å². The molecule has 1 unspecified atom stereocenters. The minimum Gasteiger partial charge on any atom is -0.759 e. The van der Waals surface area contributed by atoms with Crippen LogP contribution in [0.25, 0.3) is 0 Å². The summed E-state index contributed by atoms with van der Waals surface area (Å²) in [5.41, 5.74) is 1.62. The highest BCUT2D eigenvalue weighted by atomic mass is 32.1. The van der Waals surface area contributed by atoms with E-state index in [1.165, 1.54) is 4.90 Å². The van der Waals surface area contributed by atoms with Gasteiger partial charge in [0.2, 0.25) is 0 Å². The van der Waals surface area contributed by atoms with Gasteiger partial charge in [0.05, 0.1) is 30.4 Å². The average Bonchev–Trinajstić information content (AvgIpc) is 3.17. The van der Waals surface area contributed by atoms with Crippen LogP contribution >= 0.6 is 0 Å². The minimum absolute atomic E-state index is 0.247. The lowest BCUT2D eigenvalue weighted by Crippen LogP contribution is -2.67. The molecule has 3 aromatic rings. The van der Waals surface area contributed by atoms with E-state index >= 15 is 0 Å². The molecule has 184 valence electrons. The fraction of sp³-hybridized carbons (Fsp3) is 0.286. The Bertz CT molecular complexity index is 1220. The van der Waals surface area contributed by atoms with Gasteiger partial charge in [-0.05, 0) is 23.1 Å². The first kappa shape index (κ1) is 23.4. The third-order valence-corrected chi connectivity index (χ3v) is 7.18. The molecule has 7 nitrogen and oxygen atoms in total. The van der Waals surface area contributed by atoms with Crippen LogP contribution in [0.3, 0.4) is 0 Å². The first-order chi connectivity index (χ1) is 17.6. The number of carbonyl (C=O) groups excluding carboxylic acids is 2. The summed E-state index contributed by atoms with van der Waals surface area (Å²) in [6, 6.07) is 25.2. The van der Waals surface area contributed by atoms with Gasteiger partial charge in [-0.2, -0.15) is 0 Å². The predicted molar refractivity (Wildman–Crippen MR) is 132 cm³/mol. The van der Waals surface area contributed by atoms with Crippen molar-refractivity contribution in [2.45, 2.75) is 42.7 Å². The lowest BCUT2D eigenvalue weighted by atomic mass is 9.95. The molecule has 2 saturated heterocycles. The summed E-state index contributed by atoms with van der Waals surface area (Å²) >= 11 is 5.70. The molecule has 6 atom stereocenters. The number of imide groups is 1. The van der Waals surface area contributed by atoms with Crippen molar-refractivity contribution in [3.8, 4) is 0 Å². The van der Waals surface area contributed by atoms with Crippen molar-refractivity contribution >= 4 is 24.4 Å². The largest absolute Gasteiger partial charge is 0.759 e. The fourth-order valence-electron chi connectivity index (χ4n) is 5.05. The lowest BCUT2D eigenvalue weighted by molar-refractivity contribution is -0.316. The third kappa shape index (κ3) is 4.15. The predicted octanol–water partition coefficient (Wildman–Crippen LogP) is 3.62. The van der Waals surface area contributed by atoms with Crippen molar-refractivity contribution in [3.63, 3.8) is 0 Å². The molecular weight excluding hydrogens is 478 g/mol. The number of fused-ring (bicyclic) bond motifs is 2. The highest BCUT2D eigenvalue weighted by Gasteiger charge is 2.53. The van der Waals surface area contributed by atoms with Crippen LogP contribution in [0.2, 0.25) is 0 Å². The Labute approximate surface area is 214 Å². The molecule has 36 heavy (non-hydrogen) atoms. The molecule has 0 aliphatic carbocycles. The Hall–Kier alpha value is -3.01. The van der Waals surface area contributed by atoms with Crippen LogP contribution in [-0.2, 0) is 38.2 Å². The zero-order valence-electron chi connectivity index (χ0n) is 19.3. The summed E-state index contributed by atoms with van der Waals surface area (Å²) in [5.74, 6) is -0.810. The van der Waals surface area contributed by atoms with Gasteiger partial charge < -0.3 is 31.6 Å². The van der Waals surface area contributed by atoms with Crippen LogP contribution in [0, 0.1) is 0 Å². The van der Waals surface area contributed by atoms with Crippen LogP contribution < -0.4 is 0 Å². The molecule has 0 aromatic heterocycles. The Kier molecular flexibility index (Phi) is 6.37. The average molecular weight is 503 g/mol. The number of hydrogen-bond acceptors (Lipinski definition) is 7. The molecule has 3 heterocycles. The zero-order valence-corrected chi connectivity index (χ0v) is 20.1. The summed E-state index contributed by atoms with van der Waals surface area (Å²) in [4.78, 5) is 28.0. The normalized spacial score (nSPS) is 29.6. The summed E-state index contributed by atoms with van der Waals surface area (Å²) in [6.45, 7) is 0.508. The second kappa shape index (κ2) is 9.80. The highest BCUT2D eigenvalue weighted by molar-refractivity contribution is 7.59. The van der Waals surface area contributed by atoms with Crippen molar-refractivity contribution in [3.05, 3.63) is 107 Å². The van der Waals surface area contributed by atoms with E-state index in [-0.39, 0.29) is 13.2 Å². The van der Waals surface area contributed by atoms with Crippen molar-refractivity contribution in [2.75, 3.05) is 6.61 Å². The lowest BCUT2D eigenvalue weighted by Gasteiger charge is -2.54. The van der Waals surface area contributed by atoms with E-state index in [2.05, 4.69) is 0 Å². The topological polar surface area (TPSA) is 74.3 Å². The summed E-state index contributed by atoms with van der Waals surface area (Å²) in [5, 5.41) is 0. The maximum absolute atomic E-state index is 13.4. The Balaban J connectivity index is 1.35. The molecule has 8 heteroatoms. The summed E-state index contributed by atoms with van der Waals surface area (Å²) in [6.07, 6.45) is -2.46. The Morgan fingerprint density at radius 2 is 1.44 bits per heavy atom. The van der Waals surface area contributed by atoms with Crippen molar-refractivity contribution in [1.82, 2.24) is 4.90 Å². The van der Waals surface area contributed by atoms with Gasteiger partial charge in [0.25, 0.3) is 11.8 Å². The molecule has 6 rings (SSSR count). The molecule has 0 spiro atoms. The van der Waals surface area contributed by atoms with Gasteiger partial charge in [0, 0.05) is 5.56 Å². The smallest absolute Gasteiger partial charge is 0.261 e. The monoisotopic (exact) mass is 502 g/mol. The van der Waals surface area contributed by atoms with Gasteiger partial charge >= 0.3 is 0 Å². The first-order valence-corrected chi connectivity index (χ1v) is 12.3. The number of carbonyl (C=O) groups is 2. The number of benzene rings is 3. The zero-order chi connectivity index (χ0) is 24.6. The number of ether oxygens (including phenoxy) is 4. The Morgan fingerprint density at radius 1 is 0.833 bits per heavy atom. The van der Waals surface area contributed by atoms with Crippen LogP contribution in [0.5, 0.6) is 0 Å². The quantitative estimate of drug-likeness (QED) is 0.390. The molecule has 0 radical (unpaired) electrons. The minimum atomic E-state index is -0.894. The molecule has 3 aromatic carbocycles. The molecule has 0 N–H and O–H groups in total.